The fourth-order valence-corrected chi connectivity index (χ4v) is 0.812. The summed E-state index contributed by atoms with van der Waals surface area (Å²) in [6, 6.07) is 0. The van der Waals surface area contributed by atoms with Crippen LogP contribution in [0.4, 0.5) is 0 Å². The van der Waals surface area contributed by atoms with Crippen molar-refractivity contribution in [3.05, 3.63) is 11.8 Å². The van der Waals surface area contributed by atoms with Crippen molar-refractivity contribution in [1.82, 2.24) is 0 Å². The molecular weight excluding hydrogens is 115 g/mol. The minimum absolute atomic E-state index is 0.255. The molecule has 2 nitrogen and oxygen atoms in total. The van der Waals surface area contributed by atoms with E-state index in [-0.39, 0.29) is 5.60 Å². The molecule has 1 fully saturated rings. The van der Waals surface area contributed by atoms with E-state index in [2.05, 4.69) is 0 Å². The summed E-state index contributed by atoms with van der Waals surface area (Å²) < 4.78 is 10.2. The highest BCUT2D eigenvalue weighted by Crippen LogP contribution is 2.26. The first-order valence-corrected chi connectivity index (χ1v) is 3.00. The second kappa shape index (κ2) is 2.07. The van der Waals surface area contributed by atoms with Gasteiger partial charge in [-0.1, -0.05) is 0 Å². The third-order valence-electron chi connectivity index (χ3n) is 1.37. The molecule has 0 bridgehead atoms. The maximum absolute atomic E-state index is 5.13. The highest BCUT2D eigenvalue weighted by Gasteiger charge is 2.32. The van der Waals surface area contributed by atoms with Gasteiger partial charge in [0, 0.05) is 0 Å². The van der Waals surface area contributed by atoms with Gasteiger partial charge >= 0.3 is 7.69 Å². The molecule has 1 aliphatic rings. The normalized spacial score (nSPS) is 27.7. The molecule has 1 aliphatic heterocycles. The second-order valence-electron chi connectivity index (χ2n) is 2.50. The van der Waals surface area contributed by atoms with Gasteiger partial charge in [0.15, 0.2) is 0 Å². The predicted octanol–water partition coefficient (Wildman–Crippen LogP) is 1.25. The molecule has 1 heterocycles. The maximum Gasteiger partial charge on any atom is 0.572 e. The topological polar surface area (TPSA) is 18.5 Å². The minimum atomic E-state index is -0.255. The highest BCUT2D eigenvalue weighted by molar-refractivity contribution is 6.20. The zero-order chi connectivity index (χ0) is 6.91. The molecule has 0 saturated carbocycles. The van der Waals surface area contributed by atoms with Gasteiger partial charge in [0.25, 0.3) is 0 Å². The smallest absolute Gasteiger partial charge is 0.539 e. The third kappa shape index (κ3) is 1.10. The lowest BCUT2D eigenvalue weighted by Gasteiger charge is -2.16. The molecule has 0 aromatic rings. The molecule has 0 atom stereocenters. The molecule has 0 spiro atoms. The first-order valence-electron chi connectivity index (χ1n) is 3.00. The van der Waals surface area contributed by atoms with Crippen LogP contribution in [0.5, 0.6) is 0 Å². The summed E-state index contributed by atoms with van der Waals surface area (Å²) in [5, 5.41) is 0. The minimum Gasteiger partial charge on any atom is -0.539 e. The molecule has 1 saturated heterocycles. The molecule has 1 radical (unpaired) electrons. The van der Waals surface area contributed by atoms with E-state index in [1.165, 1.54) is 7.69 Å². The fraction of sp³-hybridized carbons (Fsp3) is 0.667. The molecule has 0 aromatic carbocycles. The van der Waals surface area contributed by atoms with Gasteiger partial charge in [-0.15, -0.1) is 0 Å². The van der Waals surface area contributed by atoms with Crippen LogP contribution in [0.15, 0.2) is 11.8 Å². The third-order valence-corrected chi connectivity index (χ3v) is 1.37. The first-order chi connectivity index (χ1) is 4.17. The Hall–Kier alpha value is -0.435. The molecule has 0 aliphatic carbocycles. The maximum atomic E-state index is 5.13. The first kappa shape index (κ1) is 6.68. The van der Waals surface area contributed by atoms with Crippen LogP contribution in [-0.4, -0.2) is 13.3 Å². The number of hydrogen-bond acceptors (Lipinski definition) is 2. The Balaban J connectivity index is 2.75. The average molecular weight is 125 g/mol. The van der Waals surface area contributed by atoms with Gasteiger partial charge in [0.2, 0.25) is 0 Å². The Morgan fingerprint density at radius 1 is 1.56 bits per heavy atom. The van der Waals surface area contributed by atoms with Crippen LogP contribution < -0.4 is 0 Å². The van der Waals surface area contributed by atoms with E-state index in [1.807, 2.05) is 26.8 Å². The summed E-state index contributed by atoms with van der Waals surface area (Å²) in [5.74, 6) is 0.877. The monoisotopic (exact) mass is 125 g/mol. The van der Waals surface area contributed by atoms with Crippen molar-refractivity contribution >= 4 is 7.69 Å². The van der Waals surface area contributed by atoms with E-state index in [0.717, 1.165) is 5.76 Å². The van der Waals surface area contributed by atoms with Crippen LogP contribution in [-0.2, 0) is 9.31 Å². The molecule has 49 valence electrons. The van der Waals surface area contributed by atoms with E-state index in [0.29, 0.717) is 0 Å². The summed E-state index contributed by atoms with van der Waals surface area (Å²) >= 11 is 0. The lowest BCUT2D eigenvalue weighted by molar-refractivity contribution is 0.176. The lowest BCUT2D eigenvalue weighted by Crippen LogP contribution is -2.19. The van der Waals surface area contributed by atoms with Crippen LogP contribution in [0, 0.1) is 0 Å². The Bertz CT molecular complexity index is 140. The van der Waals surface area contributed by atoms with Gasteiger partial charge in [0.05, 0.1) is 0 Å². The van der Waals surface area contributed by atoms with Crippen molar-refractivity contribution in [3.8, 4) is 0 Å². The molecule has 9 heavy (non-hydrogen) atoms. The highest BCUT2D eigenvalue weighted by atomic mass is 16.6. The average Bonchev–Trinajstić information content (AvgIpc) is 2.08. The molecular formula is C6H10BO2. The van der Waals surface area contributed by atoms with Gasteiger partial charge in [-0.25, -0.2) is 0 Å². The van der Waals surface area contributed by atoms with Crippen molar-refractivity contribution in [1.29, 1.82) is 0 Å². The van der Waals surface area contributed by atoms with Crippen molar-refractivity contribution in [2.45, 2.75) is 26.4 Å². The van der Waals surface area contributed by atoms with Gasteiger partial charge in [-0.05, 0) is 26.8 Å². The second-order valence-corrected chi connectivity index (χ2v) is 2.50. The quantitative estimate of drug-likeness (QED) is 0.453. The summed E-state index contributed by atoms with van der Waals surface area (Å²) in [7, 11) is 1.37. The fourth-order valence-electron chi connectivity index (χ4n) is 0.812. The molecule has 0 amide bonds. The number of hydrogen-bond donors (Lipinski definition) is 0. The molecule has 0 unspecified atom stereocenters. The van der Waals surface area contributed by atoms with E-state index in [4.69, 9.17) is 9.31 Å². The van der Waals surface area contributed by atoms with Gasteiger partial charge in [-0.2, -0.15) is 0 Å². The van der Waals surface area contributed by atoms with E-state index in [1.54, 1.807) is 0 Å². The lowest BCUT2D eigenvalue weighted by atomic mass is 10.1. The Morgan fingerprint density at radius 2 is 2.22 bits per heavy atom. The Labute approximate surface area is 56.2 Å². The van der Waals surface area contributed by atoms with E-state index < -0.39 is 0 Å². The van der Waals surface area contributed by atoms with Crippen LogP contribution >= 0.6 is 0 Å². The van der Waals surface area contributed by atoms with E-state index in [9.17, 15) is 0 Å². The molecule has 0 aromatic heterocycles. The Kier molecular flexibility index (Phi) is 1.53. The van der Waals surface area contributed by atoms with Crippen molar-refractivity contribution in [3.63, 3.8) is 0 Å². The predicted molar refractivity (Wildman–Crippen MR) is 35.8 cm³/mol. The summed E-state index contributed by atoms with van der Waals surface area (Å²) in [4.78, 5) is 0. The van der Waals surface area contributed by atoms with Gasteiger partial charge < -0.3 is 9.31 Å². The number of rotatable bonds is 0. The number of allylic oxidation sites excluding steroid dienone is 1. The van der Waals surface area contributed by atoms with Crippen LogP contribution in [0.1, 0.15) is 20.8 Å². The summed E-state index contributed by atoms with van der Waals surface area (Å²) in [6.07, 6.45) is 1.91. The van der Waals surface area contributed by atoms with Crippen molar-refractivity contribution in [2.24, 2.45) is 0 Å². The van der Waals surface area contributed by atoms with Crippen LogP contribution in [0.3, 0.4) is 0 Å². The largest absolute Gasteiger partial charge is 0.572 e. The van der Waals surface area contributed by atoms with Crippen LogP contribution in [0.2, 0.25) is 0 Å². The standard InChI is InChI=1S/C6H10BO2/c1-4-5-6(2,3)9-7-8-5/h4H,1-3H3/b5-4-. The SMILES string of the molecule is C/C=C1\O[B]OC1(C)C. The summed E-state index contributed by atoms with van der Waals surface area (Å²) in [5.41, 5.74) is -0.255. The van der Waals surface area contributed by atoms with Gasteiger partial charge in [-0.3, -0.25) is 0 Å². The van der Waals surface area contributed by atoms with Crippen LogP contribution in [0.25, 0.3) is 0 Å². The Morgan fingerprint density at radius 3 is 2.44 bits per heavy atom. The molecule has 1 rings (SSSR count). The van der Waals surface area contributed by atoms with Gasteiger partial charge in [0.1, 0.15) is 11.4 Å². The zero-order valence-electron chi connectivity index (χ0n) is 5.97. The summed E-state index contributed by atoms with van der Waals surface area (Å²) in [6.45, 7) is 5.86. The van der Waals surface area contributed by atoms with Crippen molar-refractivity contribution in [2.75, 3.05) is 0 Å². The zero-order valence-corrected chi connectivity index (χ0v) is 5.97. The van der Waals surface area contributed by atoms with E-state index >= 15 is 0 Å². The van der Waals surface area contributed by atoms with Crippen molar-refractivity contribution < 1.29 is 9.31 Å². The molecule has 0 N–H and O–H groups in total. The molecule has 3 heteroatoms.